The van der Waals surface area contributed by atoms with E-state index >= 15 is 0 Å². The number of carbonyl (C=O) groups is 2. The molecule has 3 amide bonds. The Hall–Kier alpha value is -2.87. The number of rotatable bonds is 7. The number of nitrogens with two attached hydrogens (primary N) is 1. The van der Waals surface area contributed by atoms with Gasteiger partial charge in [-0.3, -0.25) is 10.2 Å². The van der Waals surface area contributed by atoms with Crippen LogP contribution in [0.3, 0.4) is 0 Å². The van der Waals surface area contributed by atoms with Crippen molar-refractivity contribution in [2.24, 2.45) is 5.73 Å². The normalized spacial score (nSPS) is 15.5. The van der Waals surface area contributed by atoms with Gasteiger partial charge in [-0.15, -0.1) is 0 Å². The number of carbonyl (C=O) groups excluding carboxylic acids is 2. The van der Waals surface area contributed by atoms with E-state index in [0.29, 0.717) is 11.1 Å². The molecule has 0 unspecified atom stereocenters. The second kappa shape index (κ2) is 11.2. The molecule has 190 valence electrons. The average Bonchev–Trinajstić information content (AvgIpc) is 2.77. The Morgan fingerprint density at radius 3 is 2.23 bits per heavy atom. The molecule has 1 heterocycles. The predicted molar refractivity (Wildman–Crippen MR) is 121 cm³/mol. The van der Waals surface area contributed by atoms with Gasteiger partial charge in [0.15, 0.2) is 11.6 Å². The molecular weight excluding hydrogens is 511 g/mol. The molecule has 35 heavy (non-hydrogen) atoms. The van der Waals surface area contributed by atoms with Gasteiger partial charge >= 0.3 is 6.03 Å². The van der Waals surface area contributed by atoms with Crippen LogP contribution in [0.25, 0.3) is 0 Å². The van der Waals surface area contributed by atoms with E-state index in [4.69, 9.17) is 17.3 Å². The van der Waals surface area contributed by atoms with Crippen LogP contribution in [-0.2, 0) is 21.2 Å². The highest BCUT2D eigenvalue weighted by molar-refractivity contribution is 7.90. The fourth-order valence-corrected chi connectivity index (χ4v) is 4.48. The number of sulfonamides is 1. The fraction of sp³-hybridized carbons (Fsp3) is 0.333. The van der Waals surface area contributed by atoms with Gasteiger partial charge in [0.1, 0.15) is 5.82 Å². The Kier molecular flexibility index (Phi) is 8.59. The molecule has 1 aliphatic rings. The SMILES string of the molecule is N[C@@H](CC(=O)N1CCN(NC(=O)NS(=O)(=O)c2ccc(Cl)cc2)CC1)Cc1cc(F)c(F)cc1F. The van der Waals surface area contributed by atoms with E-state index in [1.54, 1.807) is 0 Å². The maximum absolute atomic E-state index is 13.8. The summed E-state index contributed by atoms with van der Waals surface area (Å²) in [6, 6.07) is 4.65. The number of amides is 3. The van der Waals surface area contributed by atoms with Crippen molar-refractivity contribution in [3.8, 4) is 0 Å². The van der Waals surface area contributed by atoms with Crippen molar-refractivity contribution in [3.05, 3.63) is 64.4 Å². The summed E-state index contributed by atoms with van der Waals surface area (Å²) in [5.74, 6) is -3.77. The molecule has 1 atom stereocenters. The zero-order valence-corrected chi connectivity index (χ0v) is 19.9. The van der Waals surface area contributed by atoms with Crippen LogP contribution in [0.5, 0.6) is 0 Å². The molecule has 0 aromatic heterocycles. The van der Waals surface area contributed by atoms with Crippen molar-refractivity contribution in [1.82, 2.24) is 20.1 Å². The Morgan fingerprint density at radius 1 is 1.00 bits per heavy atom. The third-order valence-corrected chi connectivity index (χ3v) is 6.85. The van der Waals surface area contributed by atoms with E-state index in [1.165, 1.54) is 34.2 Å². The molecule has 2 aromatic rings. The molecule has 9 nitrogen and oxygen atoms in total. The number of urea groups is 1. The minimum atomic E-state index is -4.10. The standard InChI is InChI=1S/C21H23ClF3N5O4S/c22-14-1-3-16(4-2-14)35(33,34)28-21(32)27-30-7-5-29(6-8-30)20(31)11-15(26)9-13-10-18(24)19(25)12-17(13)23/h1-4,10,12,15H,5-9,11,26H2,(H2,27,28,32)/t15-/m1/s1. The monoisotopic (exact) mass is 533 g/mol. The summed E-state index contributed by atoms with van der Waals surface area (Å²) < 4.78 is 66.6. The quantitative estimate of drug-likeness (QED) is 0.466. The Balaban J connectivity index is 1.45. The first-order valence-electron chi connectivity index (χ1n) is 10.5. The number of benzene rings is 2. The zero-order chi connectivity index (χ0) is 25.8. The minimum Gasteiger partial charge on any atom is -0.340 e. The summed E-state index contributed by atoms with van der Waals surface area (Å²) in [6.07, 6.45) is -0.301. The van der Waals surface area contributed by atoms with Crippen LogP contribution in [0.1, 0.15) is 12.0 Å². The van der Waals surface area contributed by atoms with Crippen molar-refractivity contribution in [2.45, 2.75) is 23.8 Å². The number of piperazine rings is 1. The summed E-state index contributed by atoms with van der Waals surface area (Å²) >= 11 is 5.73. The molecule has 0 saturated carbocycles. The Bertz CT molecular complexity index is 1190. The van der Waals surface area contributed by atoms with Crippen LogP contribution >= 0.6 is 11.6 Å². The van der Waals surface area contributed by atoms with Crippen molar-refractivity contribution >= 4 is 33.6 Å². The van der Waals surface area contributed by atoms with Crippen LogP contribution in [0, 0.1) is 17.5 Å². The number of hydrazine groups is 1. The number of halogens is 4. The molecule has 1 aliphatic heterocycles. The molecule has 14 heteroatoms. The van der Waals surface area contributed by atoms with Gasteiger partial charge in [-0.25, -0.2) is 36.1 Å². The molecule has 0 spiro atoms. The molecule has 1 saturated heterocycles. The maximum atomic E-state index is 13.8. The van der Waals surface area contributed by atoms with Gasteiger partial charge in [0.25, 0.3) is 10.0 Å². The molecule has 0 bridgehead atoms. The number of nitrogens with one attached hydrogen (secondary N) is 2. The first-order valence-corrected chi connectivity index (χ1v) is 12.3. The van der Waals surface area contributed by atoms with Gasteiger partial charge < -0.3 is 10.6 Å². The third kappa shape index (κ3) is 7.31. The summed E-state index contributed by atoms with van der Waals surface area (Å²) in [5.41, 5.74) is 8.19. The summed E-state index contributed by atoms with van der Waals surface area (Å²) in [6.45, 7) is 0.866. The van der Waals surface area contributed by atoms with Gasteiger partial charge in [0.05, 0.1) is 4.90 Å². The molecule has 2 aromatic carbocycles. The highest BCUT2D eigenvalue weighted by Gasteiger charge is 2.25. The lowest BCUT2D eigenvalue weighted by Gasteiger charge is -2.35. The van der Waals surface area contributed by atoms with Crippen molar-refractivity contribution < 1.29 is 31.2 Å². The number of nitrogens with zero attached hydrogens (tertiary/aromatic N) is 2. The van der Waals surface area contributed by atoms with Crippen LogP contribution in [0.2, 0.25) is 5.02 Å². The fourth-order valence-electron chi connectivity index (χ4n) is 3.46. The van der Waals surface area contributed by atoms with Gasteiger partial charge in [-0.2, -0.15) is 0 Å². The average molecular weight is 534 g/mol. The number of hydrogen-bond acceptors (Lipinski definition) is 6. The maximum Gasteiger partial charge on any atom is 0.343 e. The number of hydrogen-bond donors (Lipinski definition) is 3. The highest BCUT2D eigenvalue weighted by Crippen LogP contribution is 2.17. The third-order valence-electron chi connectivity index (χ3n) is 5.25. The Labute approximate surface area is 205 Å². The van der Waals surface area contributed by atoms with Crippen LogP contribution in [0.15, 0.2) is 41.3 Å². The van der Waals surface area contributed by atoms with Gasteiger partial charge in [0, 0.05) is 49.7 Å². The van der Waals surface area contributed by atoms with E-state index < -0.39 is 39.5 Å². The van der Waals surface area contributed by atoms with E-state index in [0.717, 1.165) is 6.07 Å². The van der Waals surface area contributed by atoms with E-state index in [2.05, 4.69) is 5.43 Å². The first kappa shape index (κ1) is 26.7. The predicted octanol–water partition coefficient (Wildman–Crippen LogP) is 1.76. The molecule has 3 rings (SSSR count). The molecule has 4 N–H and O–H groups in total. The van der Waals surface area contributed by atoms with E-state index in [1.807, 2.05) is 4.72 Å². The van der Waals surface area contributed by atoms with Crippen molar-refractivity contribution in [3.63, 3.8) is 0 Å². The first-order chi connectivity index (χ1) is 16.4. The largest absolute Gasteiger partial charge is 0.343 e. The van der Waals surface area contributed by atoms with Crippen molar-refractivity contribution in [1.29, 1.82) is 0 Å². The molecular formula is C21H23ClF3N5O4S. The zero-order valence-electron chi connectivity index (χ0n) is 18.3. The summed E-state index contributed by atoms with van der Waals surface area (Å²) in [4.78, 5) is 26.0. The van der Waals surface area contributed by atoms with Gasteiger partial charge in [0.2, 0.25) is 5.91 Å². The summed E-state index contributed by atoms with van der Waals surface area (Å²) in [5, 5.41) is 1.80. The lowest BCUT2D eigenvalue weighted by molar-refractivity contribution is -0.133. The molecule has 0 radical (unpaired) electrons. The van der Waals surface area contributed by atoms with Gasteiger partial charge in [-0.1, -0.05) is 11.6 Å². The smallest absolute Gasteiger partial charge is 0.340 e. The molecule has 0 aliphatic carbocycles. The highest BCUT2D eigenvalue weighted by atomic mass is 35.5. The van der Waals surface area contributed by atoms with Crippen LogP contribution in [-0.4, -0.2) is 62.5 Å². The lowest BCUT2D eigenvalue weighted by atomic mass is 10.0. The van der Waals surface area contributed by atoms with Crippen LogP contribution in [0.4, 0.5) is 18.0 Å². The summed E-state index contributed by atoms with van der Waals surface area (Å²) in [7, 11) is -4.10. The lowest BCUT2D eigenvalue weighted by Crippen LogP contribution is -2.57. The Morgan fingerprint density at radius 2 is 1.60 bits per heavy atom. The van der Waals surface area contributed by atoms with E-state index in [-0.39, 0.29) is 55.4 Å². The topological polar surface area (TPSA) is 125 Å². The van der Waals surface area contributed by atoms with Crippen LogP contribution < -0.4 is 15.9 Å². The second-order valence-corrected chi connectivity index (χ2v) is 10.0. The minimum absolute atomic E-state index is 0.127. The van der Waals surface area contributed by atoms with Crippen molar-refractivity contribution in [2.75, 3.05) is 26.2 Å². The van der Waals surface area contributed by atoms with Gasteiger partial charge in [-0.05, 0) is 42.3 Å². The van der Waals surface area contributed by atoms with E-state index in [9.17, 15) is 31.2 Å². The second-order valence-electron chi connectivity index (χ2n) is 7.89. The molecule has 1 fully saturated rings.